The van der Waals surface area contributed by atoms with E-state index in [1.54, 1.807) is 68.4 Å². The normalized spacial score (nSPS) is 12.2. The molecule has 1 N–H and O–H groups in total. The van der Waals surface area contributed by atoms with Crippen molar-refractivity contribution < 1.29 is 18.0 Å². The van der Waals surface area contributed by atoms with E-state index in [0.717, 1.165) is 4.31 Å². The van der Waals surface area contributed by atoms with Crippen molar-refractivity contribution in [1.29, 1.82) is 0 Å². The van der Waals surface area contributed by atoms with Crippen molar-refractivity contribution in [2.45, 2.75) is 45.2 Å². The van der Waals surface area contributed by atoms with Gasteiger partial charge in [-0.3, -0.25) is 13.9 Å². The number of sulfonamides is 1. The summed E-state index contributed by atoms with van der Waals surface area (Å²) in [5, 5.41) is 4.02. The maximum absolute atomic E-state index is 14.0. The lowest BCUT2D eigenvalue weighted by Gasteiger charge is -2.32. The Balaban J connectivity index is 2.06. The van der Waals surface area contributed by atoms with Crippen LogP contribution in [0.2, 0.25) is 15.1 Å². The van der Waals surface area contributed by atoms with Gasteiger partial charge in [0.1, 0.15) is 12.6 Å². The Labute approximate surface area is 251 Å². The van der Waals surface area contributed by atoms with E-state index in [1.807, 2.05) is 13.8 Å². The van der Waals surface area contributed by atoms with Gasteiger partial charge in [0.15, 0.2) is 0 Å². The van der Waals surface area contributed by atoms with Crippen LogP contribution in [-0.2, 0) is 26.2 Å². The first-order chi connectivity index (χ1) is 18.8. The van der Waals surface area contributed by atoms with Crippen LogP contribution in [0.4, 0.5) is 5.69 Å². The van der Waals surface area contributed by atoms with E-state index in [-0.39, 0.29) is 23.3 Å². The lowest BCUT2D eigenvalue weighted by Crippen LogP contribution is -2.51. The molecule has 214 valence electrons. The van der Waals surface area contributed by atoms with Crippen molar-refractivity contribution in [3.05, 3.63) is 92.9 Å². The standard InChI is InChI=1S/C29H32Cl3N3O4S/c1-19(2)16-33-29(37)21(4)34(17-22-10-11-24(31)15-26(22)32)28(36)18-35(27-13-12-23(30)14-20(27)3)40(38,39)25-8-6-5-7-9-25/h5-15,19,21H,16-18H2,1-4H3,(H,33,37). The highest BCUT2D eigenvalue weighted by molar-refractivity contribution is 7.92. The number of rotatable bonds is 11. The Kier molecular flexibility index (Phi) is 10.9. The summed E-state index contributed by atoms with van der Waals surface area (Å²) < 4.78 is 28.8. The Morgan fingerprint density at radius 2 is 1.52 bits per heavy atom. The first kappa shape index (κ1) is 31.7. The van der Waals surface area contributed by atoms with Crippen LogP contribution in [-0.4, -0.2) is 44.3 Å². The zero-order valence-electron chi connectivity index (χ0n) is 22.7. The second-order valence-electron chi connectivity index (χ2n) is 9.83. The van der Waals surface area contributed by atoms with Crippen molar-refractivity contribution >= 4 is 62.3 Å². The molecule has 7 nitrogen and oxygen atoms in total. The van der Waals surface area contributed by atoms with Gasteiger partial charge >= 0.3 is 0 Å². The summed E-state index contributed by atoms with van der Waals surface area (Å²) in [6.45, 7) is 7.06. The average molecular weight is 625 g/mol. The van der Waals surface area contributed by atoms with Crippen LogP contribution in [0.3, 0.4) is 0 Å². The Morgan fingerprint density at radius 1 is 0.900 bits per heavy atom. The largest absolute Gasteiger partial charge is 0.354 e. The van der Waals surface area contributed by atoms with Crippen LogP contribution >= 0.6 is 34.8 Å². The van der Waals surface area contributed by atoms with E-state index in [2.05, 4.69) is 5.32 Å². The second-order valence-corrected chi connectivity index (χ2v) is 13.0. The average Bonchev–Trinajstić information content (AvgIpc) is 2.90. The molecule has 0 radical (unpaired) electrons. The van der Waals surface area contributed by atoms with Gasteiger partial charge < -0.3 is 10.2 Å². The molecule has 0 aliphatic carbocycles. The van der Waals surface area contributed by atoms with Gasteiger partial charge in [-0.15, -0.1) is 0 Å². The number of carbonyl (C=O) groups excluding carboxylic acids is 2. The zero-order valence-corrected chi connectivity index (χ0v) is 25.8. The fraction of sp³-hybridized carbons (Fsp3) is 0.310. The Morgan fingerprint density at radius 3 is 2.12 bits per heavy atom. The van der Waals surface area contributed by atoms with Gasteiger partial charge in [-0.25, -0.2) is 8.42 Å². The van der Waals surface area contributed by atoms with Gasteiger partial charge in [-0.2, -0.15) is 0 Å². The van der Waals surface area contributed by atoms with Gasteiger partial charge in [0.05, 0.1) is 10.6 Å². The monoisotopic (exact) mass is 623 g/mol. The summed E-state index contributed by atoms with van der Waals surface area (Å²) in [5.41, 5.74) is 1.42. The molecule has 0 spiro atoms. The first-order valence-corrected chi connectivity index (χ1v) is 15.2. The number of anilines is 1. The fourth-order valence-electron chi connectivity index (χ4n) is 4.00. The number of benzene rings is 3. The van der Waals surface area contributed by atoms with Crippen molar-refractivity contribution in [3.8, 4) is 0 Å². The van der Waals surface area contributed by atoms with Gasteiger partial charge in [-0.05, 0) is 73.4 Å². The van der Waals surface area contributed by atoms with Crippen molar-refractivity contribution in [2.75, 3.05) is 17.4 Å². The summed E-state index contributed by atoms with van der Waals surface area (Å²) in [5.74, 6) is -0.759. The van der Waals surface area contributed by atoms with Gasteiger partial charge in [0.2, 0.25) is 11.8 Å². The lowest BCUT2D eigenvalue weighted by atomic mass is 10.1. The maximum Gasteiger partial charge on any atom is 0.264 e. The smallest absolute Gasteiger partial charge is 0.264 e. The quantitative estimate of drug-likeness (QED) is 0.270. The third-order valence-corrected chi connectivity index (χ3v) is 8.84. The highest BCUT2D eigenvalue weighted by atomic mass is 35.5. The molecule has 0 aliphatic rings. The van der Waals surface area contributed by atoms with E-state index in [4.69, 9.17) is 34.8 Å². The molecular weight excluding hydrogens is 593 g/mol. The van der Waals surface area contributed by atoms with Gasteiger partial charge in [-0.1, -0.05) is 72.9 Å². The molecule has 0 saturated heterocycles. The molecule has 0 saturated carbocycles. The van der Waals surface area contributed by atoms with Crippen LogP contribution in [0.15, 0.2) is 71.6 Å². The number of halogens is 3. The maximum atomic E-state index is 14.0. The summed E-state index contributed by atoms with van der Waals surface area (Å²) in [6.07, 6.45) is 0. The summed E-state index contributed by atoms with van der Waals surface area (Å²) in [7, 11) is -4.17. The SMILES string of the molecule is Cc1cc(Cl)ccc1N(CC(=O)N(Cc1ccc(Cl)cc1Cl)C(C)C(=O)NCC(C)C)S(=O)(=O)c1ccccc1. The zero-order chi connectivity index (χ0) is 29.6. The molecule has 0 bridgehead atoms. The minimum absolute atomic E-state index is 0.0205. The number of nitrogens with zero attached hydrogens (tertiary/aromatic N) is 2. The molecule has 1 unspecified atom stereocenters. The Hall–Kier alpha value is -2.78. The van der Waals surface area contributed by atoms with E-state index in [1.165, 1.54) is 17.0 Å². The molecule has 3 aromatic rings. The molecule has 3 aromatic carbocycles. The van der Waals surface area contributed by atoms with Crippen LogP contribution in [0.25, 0.3) is 0 Å². The first-order valence-electron chi connectivity index (χ1n) is 12.7. The molecule has 40 heavy (non-hydrogen) atoms. The molecule has 0 aromatic heterocycles. The molecular formula is C29H32Cl3N3O4S. The number of hydrogen-bond acceptors (Lipinski definition) is 4. The van der Waals surface area contributed by atoms with Crippen LogP contribution < -0.4 is 9.62 Å². The van der Waals surface area contributed by atoms with Gasteiger partial charge in [0.25, 0.3) is 10.0 Å². The van der Waals surface area contributed by atoms with Crippen LogP contribution in [0, 0.1) is 12.8 Å². The number of carbonyl (C=O) groups is 2. The number of amides is 2. The topological polar surface area (TPSA) is 86.8 Å². The molecule has 0 fully saturated rings. The molecule has 11 heteroatoms. The van der Waals surface area contributed by atoms with Crippen LogP contribution in [0.1, 0.15) is 31.9 Å². The van der Waals surface area contributed by atoms with E-state index >= 15 is 0 Å². The molecule has 1 atom stereocenters. The minimum Gasteiger partial charge on any atom is -0.354 e. The Bertz CT molecular complexity index is 1470. The molecule has 0 aliphatic heterocycles. The number of nitrogens with one attached hydrogen (secondary N) is 1. The van der Waals surface area contributed by atoms with Crippen molar-refractivity contribution in [3.63, 3.8) is 0 Å². The summed E-state index contributed by atoms with van der Waals surface area (Å²) in [4.78, 5) is 28.4. The third kappa shape index (κ3) is 7.91. The molecule has 3 rings (SSSR count). The lowest BCUT2D eigenvalue weighted by molar-refractivity contribution is -0.139. The second kappa shape index (κ2) is 13.7. The van der Waals surface area contributed by atoms with E-state index < -0.39 is 28.5 Å². The fourth-order valence-corrected chi connectivity index (χ4v) is 6.19. The van der Waals surface area contributed by atoms with Crippen LogP contribution in [0.5, 0.6) is 0 Å². The predicted molar refractivity (Wildman–Crippen MR) is 161 cm³/mol. The predicted octanol–water partition coefficient (Wildman–Crippen LogP) is 6.34. The van der Waals surface area contributed by atoms with Crippen molar-refractivity contribution in [2.24, 2.45) is 5.92 Å². The van der Waals surface area contributed by atoms with Crippen molar-refractivity contribution in [1.82, 2.24) is 10.2 Å². The highest BCUT2D eigenvalue weighted by Gasteiger charge is 2.33. The molecule has 0 heterocycles. The van der Waals surface area contributed by atoms with Gasteiger partial charge in [0, 0.05) is 28.2 Å². The highest BCUT2D eigenvalue weighted by Crippen LogP contribution is 2.30. The third-order valence-electron chi connectivity index (χ3n) is 6.25. The number of hydrogen-bond donors (Lipinski definition) is 1. The summed E-state index contributed by atoms with van der Waals surface area (Å²) in [6, 6.07) is 16.5. The van der Waals surface area contributed by atoms with E-state index in [9.17, 15) is 18.0 Å². The van der Waals surface area contributed by atoms with E-state index in [0.29, 0.717) is 38.4 Å². The summed E-state index contributed by atoms with van der Waals surface area (Å²) >= 11 is 18.6. The molecule has 2 amide bonds. The minimum atomic E-state index is -4.17. The number of aryl methyl sites for hydroxylation is 1.